The Kier molecular flexibility index (Phi) is 5.84. The van der Waals surface area contributed by atoms with Crippen LogP contribution in [-0.2, 0) is 14.3 Å². The number of carbonyl (C=O) groups is 2. The van der Waals surface area contributed by atoms with E-state index in [2.05, 4.69) is 5.32 Å². The number of anilines is 1. The summed E-state index contributed by atoms with van der Waals surface area (Å²) in [6, 6.07) is 10.7. The minimum atomic E-state index is -1.09. The van der Waals surface area contributed by atoms with Crippen molar-refractivity contribution in [2.24, 2.45) is 0 Å². The van der Waals surface area contributed by atoms with Crippen molar-refractivity contribution in [3.05, 3.63) is 63.9 Å². The number of furan rings is 1. The van der Waals surface area contributed by atoms with E-state index >= 15 is 0 Å². The largest absolute Gasteiger partial charge is 0.449 e. The van der Waals surface area contributed by atoms with Crippen molar-refractivity contribution >= 4 is 29.5 Å². The van der Waals surface area contributed by atoms with Crippen molar-refractivity contribution in [1.82, 2.24) is 0 Å². The summed E-state index contributed by atoms with van der Waals surface area (Å²) in [6.45, 7) is 1.38. The lowest BCUT2D eigenvalue weighted by Gasteiger charge is -2.12. The van der Waals surface area contributed by atoms with Crippen LogP contribution in [0.3, 0.4) is 0 Å². The van der Waals surface area contributed by atoms with E-state index in [4.69, 9.17) is 14.4 Å². The third kappa shape index (κ3) is 5.04. The van der Waals surface area contributed by atoms with Gasteiger partial charge in [0.2, 0.25) is 0 Å². The van der Waals surface area contributed by atoms with Gasteiger partial charge in [-0.05, 0) is 37.3 Å². The molecule has 0 aliphatic carbocycles. The highest BCUT2D eigenvalue weighted by Crippen LogP contribution is 2.16. The first kappa shape index (κ1) is 18.4. The van der Waals surface area contributed by atoms with E-state index in [9.17, 15) is 19.7 Å². The topological polar surface area (TPSA) is 135 Å². The molecule has 26 heavy (non-hydrogen) atoms. The number of nitriles is 1. The molecule has 1 aromatic carbocycles. The molecule has 132 valence electrons. The van der Waals surface area contributed by atoms with Crippen LogP contribution in [-0.4, -0.2) is 22.9 Å². The highest BCUT2D eigenvalue weighted by Gasteiger charge is 2.17. The molecular weight excluding hydrogens is 342 g/mol. The molecule has 0 fully saturated rings. The van der Waals surface area contributed by atoms with E-state index in [1.54, 1.807) is 18.2 Å². The van der Waals surface area contributed by atoms with Gasteiger partial charge in [-0.3, -0.25) is 14.9 Å². The van der Waals surface area contributed by atoms with Gasteiger partial charge in [0.05, 0.1) is 17.7 Å². The van der Waals surface area contributed by atoms with Gasteiger partial charge in [0.1, 0.15) is 10.7 Å². The Bertz CT molecular complexity index is 909. The third-order valence-electron chi connectivity index (χ3n) is 3.10. The number of ether oxygens (including phenoxy) is 1. The fraction of sp³-hybridized carbons (Fsp3) is 0.118. The molecule has 0 radical (unpaired) electrons. The third-order valence-corrected chi connectivity index (χ3v) is 3.10. The second kappa shape index (κ2) is 8.25. The first-order valence-electron chi connectivity index (χ1n) is 7.33. The fourth-order valence-electron chi connectivity index (χ4n) is 1.86. The van der Waals surface area contributed by atoms with Crippen LogP contribution in [0.1, 0.15) is 18.2 Å². The summed E-state index contributed by atoms with van der Waals surface area (Å²) in [5.74, 6) is -1.75. The number of nitrogens with one attached hydrogen (secondary N) is 1. The molecule has 9 heteroatoms. The number of carbonyl (C=O) groups excluding carboxylic acids is 2. The Hall–Kier alpha value is -3.93. The van der Waals surface area contributed by atoms with Crippen LogP contribution in [0.5, 0.6) is 0 Å². The molecule has 1 atom stereocenters. The van der Waals surface area contributed by atoms with Gasteiger partial charge in [-0.1, -0.05) is 6.07 Å². The van der Waals surface area contributed by atoms with Gasteiger partial charge >= 0.3 is 11.9 Å². The van der Waals surface area contributed by atoms with Crippen molar-refractivity contribution in [3.63, 3.8) is 0 Å². The van der Waals surface area contributed by atoms with Gasteiger partial charge in [-0.25, -0.2) is 4.79 Å². The number of amides is 1. The van der Waals surface area contributed by atoms with E-state index in [-0.39, 0.29) is 5.76 Å². The summed E-state index contributed by atoms with van der Waals surface area (Å²) in [7, 11) is 0. The van der Waals surface area contributed by atoms with Crippen LogP contribution < -0.4 is 5.32 Å². The number of hydrogen-bond acceptors (Lipinski definition) is 7. The zero-order valence-corrected chi connectivity index (χ0v) is 13.5. The molecule has 0 bridgehead atoms. The van der Waals surface area contributed by atoms with E-state index in [0.717, 1.165) is 12.1 Å². The average Bonchev–Trinajstić information content (AvgIpc) is 3.09. The van der Waals surface area contributed by atoms with Crippen LogP contribution >= 0.6 is 0 Å². The maximum absolute atomic E-state index is 12.0. The van der Waals surface area contributed by atoms with Crippen LogP contribution in [0.25, 0.3) is 6.08 Å². The predicted octanol–water partition coefficient (Wildman–Crippen LogP) is 2.64. The zero-order chi connectivity index (χ0) is 19.1. The van der Waals surface area contributed by atoms with Crippen molar-refractivity contribution in [2.45, 2.75) is 13.0 Å². The molecule has 1 aromatic heterocycles. The van der Waals surface area contributed by atoms with E-state index < -0.39 is 28.8 Å². The predicted molar refractivity (Wildman–Crippen MR) is 89.7 cm³/mol. The molecule has 0 saturated carbocycles. The molecule has 0 aliphatic rings. The average molecular weight is 355 g/mol. The number of nitro groups is 1. The maximum Gasteiger partial charge on any atom is 0.433 e. The van der Waals surface area contributed by atoms with Gasteiger partial charge in [0.25, 0.3) is 5.91 Å². The number of nitrogens with zero attached hydrogens (tertiary/aromatic N) is 2. The van der Waals surface area contributed by atoms with Gasteiger partial charge in [-0.15, -0.1) is 0 Å². The molecule has 0 unspecified atom stereocenters. The first-order valence-corrected chi connectivity index (χ1v) is 7.33. The molecular formula is C17H13N3O6. The number of benzene rings is 1. The molecule has 9 nitrogen and oxygen atoms in total. The van der Waals surface area contributed by atoms with E-state index in [1.807, 2.05) is 6.07 Å². The molecule has 1 N–H and O–H groups in total. The van der Waals surface area contributed by atoms with Gasteiger partial charge in [-0.2, -0.15) is 5.26 Å². The minimum absolute atomic E-state index is 0.0964. The van der Waals surface area contributed by atoms with Crippen LogP contribution in [0.15, 0.2) is 46.9 Å². The number of hydrogen-bond donors (Lipinski definition) is 1. The first-order chi connectivity index (χ1) is 12.4. The summed E-state index contributed by atoms with van der Waals surface area (Å²) >= 11 is 0. The number of esters is 1. The van der Waals surface area contributed by atoms with Crippen molar-refractivity contribution in [1.29, 1.82) is 5.26 Å². The summed E-state index contributed by atoms with van der Waals surface area (Å²) in [4.78, 5) is 33.5. The quantitative estimate of drug-likeness (QED) is 0.364. The second-order valence-corrected chi connectivity index (χ2v) is 5.03. The molecule has 2 rings (SSSR count). The monoisotopic (exact) mass is 355 g/mol. The highest BCUT2D eigenvalue weighted by molar-refractivity contribution is 5.96. The molecule has 1 heterocycles. The summed E-state index contributed by atoms with van der Waals surface area (Å²) in [5, 5.41) is 21.8. The Balaban J connectivity index is 1.90. The SMILES string of the molecule is C[C@H](OC(=O)/C=C/c1ccc([N+](=O)[O-])o1)C(=O)Nc1cccc(C#N)c1. The lowest BCUT2D eigenvalue weighted by Crippen LogP contribution is -2.29. The molecule has 1 amide bonds. The normalized spacial score (nSPS) is 11.5. The summed E-state index contributed by atoms with van der Waals surface area (Å²) in [5.41, 5.74) is 0.776. The highest BCUT2D eigenvalue weighted by atomic mass is 16.6. The van der Waals surface area contributed by atoms with Crippen LogP contribution in [0.4, 0.5) is 11.6 Å². The Morgan fingerprint density at radius 3 is 2.81 bits per heavy atom. The zero-order valence-electron chi connectivity index (χ0n) is 13.5. The molecule has 0 saturated heterocycles. The summed E-state index contributed by atoms with van der Waals surface area (Å²) in [6.07, 6.45) is 1.09. The minimum Gasteiger partial charge on any atom is -0.449 e. The molecule has 2 aromatic rings. The van der Waals surface area contributed by atoms with E-state index in [0.29, 0.717) is 11.3 Å². The van der Waals surface area contributed by atoms with Crippen molar-refractivity contribution < 1.29 is 23.7 Å². The lowest BCUT2D eigenvalue weighted by molar-refractivity contribution is -0.402. The Morgan fingerprint density at radius 2 is 2.15 bits per heavy atom. The van der Waals surface area contributed by atoms with Gasteiger partial charge in [0.15, 0.2) is 6.10 Å². The maximum atomic E-state index is 12.0. The summed E-state index contributed by atoms with van der Waals surface area (Å²) < 4.78 is 9.79. The lowest BCUT2D eigenvalue weighted by atomic mass is 10.2. The van der Waals surface area contributed by atoms with Crippen molar-refractivity contribution in [2.75, 3.05) is 5.32 Å². The smallest absolute Gasteiger partial charge is 0.433 e. The second-order valence-electron chi connectivity index (χ2n) is 5.03. The fourth-order valence-corrected chi connectivity index (χ4v) is 1.86. The Morgan fingerprint density at radius 1 is 1.38 bits per heavy atom. The standard InChI is InChI=1S/C17H13N3O6/c1-11(17(22)19-13-4-2-3-12(9-13)10-18)25-16(21)8-6-14-5-7-15(26-14)20(23)24/h2-9,11H,1H3,(H,19,22)/b8-6+/t11-/m0/s1. The van der Waals surface area contributed by atoms with Gasteiger partial charge < -0.3 is 14.5 Å². The van der Waals surface area contributed by atoms with Crippen LogP contribution in [0, 0.1) is 21.4 Å². The van der Waals surface area contributed by atoms with Crippen LogP contribution in [0.2, 0.25) is 0 Å². The Labute approximate surface area is 147 Å². The van der Waals surface area contributed by atoms with Crippen molar-refractivity contribution in [3.8, 4) is 6.07 Å². The number of rotatable bonds is 6. The van der Waals surface area contributed by atoms with Gasteiger partial charge in [0, 0.05) is 11.8 Å². The molecule has 0 spiro atoms. The molecule has 0 aliphatic heterocycles. The van der Waals surface area contributed by atoms with E-state index in [1.165, 1.54) is 25.1 Å².